The lowest BCUT2D eigenvalue weighted by Gasteiger charge is -2.30. The third-order valence-electron chi connectivity index (χ3n) is 5.13. The van der Waals surface area contributed by atoms with Gasteiger partial charge in [0.05, 0.1) is 17.4 Å². The zero-order valence-electron chi connectivity index (χ0n) is 17.4. The van der Waals surface area contributed by atoms with E-state index in [9.17, 15) is 22.8 Å². The van der Waals surface area contributed by atoms with Crippen molar-refractivity contribution in [3.8, 4) is 0 Å². The van der Waals surface area contributed by atoms with Crippen molar-refractivity contribution in [2.24, 2.45) is 10.9 Å². The Kier molecular flexibility index (Phi) is 6.94. The third-order valence-corrected chi connectivity index (χ3v) is 6.53. The molecule has 2 aliphatic heterocycles. The largest absolute Gasteiger partial charge is 0.466 e. The molecule has 0 spiro atoms. The number of nitrogens with zero attached hydrogens (tertiary/aromatic N) is 2. The second-order valence-corrected chi connectivity index (χ2v) is 8.92. The van der Waals surface area contributed by atoms with E-state index in [-0.39, 0.29) is 28.5 Å². The van der Waals surface area contributed by atoms with Gasteiger partial charge in [0.2, 0.25) is 0 Å². The van der Waals surface area contributed by atoms with Gasteiger partial charge in [0, 0.05) is 18.7 Å². The quantitative estimate of drug-likeness (QED) is 0.622. The number of piperidine rings is 1. The Hall–Kier alpha value is -2.95. The summed E-state index contributed by atoms with van der Waals surface area (Å²) in [6.07, 6.45) is 1.00. The van der Waals surface area contributed by atoms with E-state index in [2.05, 4.69) is 9.71 Å². The molecular weight excluding hydrogens is 426 g/mol. The van der Waals surface area contributed by atoms with Gasteiger partial charge in [0.1, 0.15) is 11.9 Å². The van der Waals surface area contributed by atoms with Gasteiger partial charge in [0.15, 0.2) is 6.61 Å². The Labute approximate surface area is 180 Å². The van der Waals surface area contributed by atoms with Crippen LogP contribution in [0.1, 0.15) is 32.3 Å². The summed E-state index contributed by atoms with van der Waals surface area (Å²) in [5.41, 5.74) is 0.377. The fourth-order valence-corrected chi connectivity index (χ4v) is 4.68. The molecule has 2 aliphatic rings. The number of carbonyl (C=O) groups is 3. The molecule has 1 unspecified atom stereocenters. The van der Waals surface area contributed by atoms with Gasteiger partial charge in [-0.25, -0.2) is 13.2 Å². The highest BCUT2D eigenvalue weighted by Gasteiger charge is 2.32. The van der Waals surface area contributed by atoms with Crippen LogP contribution < -0.4 is 4.72 Å². The molecule has 0 saturated carbocycles. The van der Waals surface area contributed by atoms with Crippen LogP contribution in [0.2, 0.25) is 0 Å². The van der Waals surface area contributed by atoms with Gasteiger partial charge in [0.25, 0.3) is 15.9 Å². The van der Waals surface area contributed by atoms with Crippen molar-refractivity contribution in [3.63, 3.8) is 0 Å². The molecule has 31 heavy (non-hydrogen) atoms. The molecular formula is C20H25N3O7S. The molecule has 1 fully saturated rings. The lowest BCUT2D eigenvalue weighted by Crippen LogP contribution is -2.42. The smallest absolute Gasteiger partial charge is 0.331 e. The minimum absolute atomic E-state index is 0.0624. The van der Waals surface area contributed by atoms with Crippen LogP contribution in [0, 0.1) is 5.92 Å². The summed E-state index contributed by atoms with van der Waals surface area (Å²) in [6, 6.07) is 5.30. The van der Waals surface area contributed by atoms with Crippen molar-refractivity contribution in [1.29, 1.82) is 0 Å². The predicted octanol–water partition coefficient (Wildman–Crippen LogP) is 0.459. The summed E-state index contributed by atoms with van der Waals surface area (Å²) in [5, 5.41) is 0. The van der Waals surface area contributed by atoms with Crippen molar-refractivity contribution in [1.82, 2.24) is 9.62 Å². The molecule has 1 amide bonds. The Morgan fingerprint density at radius 2 is 1.87 bits per heavy atom. The molecule has 1 N–H and O–H groups in total. The van der Waals surface area contributed by atoms with E-state index >= 15 is 0 Å². The third kappa shape index (κ3) is 5.22. The van der Waals surface area contributed by atoms with E-state index in [0.29, 0.717) is 38.1 Å². The first-order valence-corrected chi connectivity index (χ1v) is 11.5. The maximum atomic E-state index is 12.3. The van der Waals surface area contributed by atoms with E-state index in [0.717, 1.165) is 0 Å². The van der Waals surface area contributed by atoms with Crippen molar-refractivity contribution in [2.75, 3.05) is 26.3 Å². The van der Waals surface area contributed by atoms with Crippen LogP contribution >= 0.6 is 0 Å². The number of likely N-dealkylation sites (tertiary alicyclic amines) is 1. The van der Waals surface area contributed by atoms with E-state index in [1.54, 1.807) is 30.0 Å². The van der Waals surface area contributed by atoms with E-state index in [4.69, 9.17) is 9.47 Å². The number of benzene rings is 1. The SMILES string of the molecule is CCOC(=O)C1CCN(C(=O)COC(=O)C(C)N=C2NS(=O)(=O)c3ccccc32)CC1. The monoisotopic (exact) mass is 451 g/mol. The zero-order chi connectivity index (χ0) is 22.6. The molecule has 3 rings (SSSR count). The molecule has 2 heterocycles. The van der Waals surface area contributed by atoms with Crippen molar-refractivity contribution < 1.29 is 32.3 Å². The van der Waals surface area contributed by atoms with Gasteiger partial charge < -0.3 is 14.4 Å². The maximum Gasteiger partial charge on any atom is 0.331 e. The van der Waals surface area contributed by atoms with Crippen LogP contribution in [0.25, 0.3) is 0 Å². The minimum Gasteiger partial charge on any atom is -0.466 e. The fourth-order valence-electron chi connectivity index (χ4n) is 3.45. The summed E-state index contributed by atoms with van der Waals surface area (Å²) in [6.45, 7) is 3.85. The van der Waals surface area contributed by atoms with Crippen LogP contribution in [0.5, 0.6) is 0 Å². The number of amidine groups is 1. The number of hydrogen-bond donors (Lipinski definition) is 1. The molecule has 0 radical (unpaired) electrons. The standard InChI is InChI=1S/C20H25N3O7S/c1-3-29-20(26)14-8-10-23(11-9-14)17(24)12-30-19(25)13(2)21-18-15-6-4-5-7-16(15)31(27,28)22-18/h4-7,13-14H,3,8-12H2,1-2H3,(H,21,22). The average Bonchev–Trinajstić information content (AvgIpc) is 3.02. The molecule has 1 aromatic carbocycles. The summed E-state index contributed by atoms with van der Waals surface area (Å²) < 4.78 is 36.6. The molecule has 0 aromatic heterocycles. The fraction of sp³-hybridized carbons (Fsp3) is 0.500. The van der Waals surface area contributed by atoms with Crippen LogP contribution in [0.15, 0.2) is 34.2 Å². The number of nitrogens with one attached hydrogen (secondary N) is 1. The molecule has 10 nitrogen and oxygen atoms in total. The lowest BCUT2D eigenvalue weighted by molar-refractivity contribution is -0.155. The first kappa shape index (κ1) is 22.7. The van der Waals surface area contributed by atoms with E-state index < -0.39 is 28.6 Å². The zero-order valence-corrected chi connectivity index (χ0v) is 18.2. The number of esters is 2. The number of carbonyl (C=O) groups excluding carboxylic acids is 3. The summed E-state index contributed by atoms with van der Waals surface area (Å²) >= 11 is 0. The van der Waals surface area contributed by atoms with Gasteiger partial charge >= 0.3 is 11.9 Å². The van der Waals surface area contributed by atoms with Crippen LogP contribution in [-0.2, 0) is 33.9 Å². The first-order chi connectivity index (χ1) is 14.7. The van der Waals surface area contributed by atoms with Crippen LogP contribution in [-0.4, -0.2) is 69.3 Å². The van der Waals surface area contributed by atoms with Gasteiger partial charge in [-0.2, -0.15) is 0 Å². The molecule has 0 bridgehead atoms. The van der Waals surface area contributed by atoms with Gasteiger partial charge in [-0.15, -0.1) is 0 Å². The highest BCUT2D eigenvalue weighted by Crippen LogP contribution is 2.23. The first-order valence-electron chi connectivity index (χ1n) is 10.0. The summed E-state index contributed by atoms with van der Waals surface area (Å²) in [5.74, 6) is -1.51. The average molecular weight is 452 g/mol. The van der Waals surface area contributed by atoms with Gasteiger partial charge in [-0.05, 0) is 38.8 Å². The highest BCUT2D eigenvalue weighted by molar-refractivity contribution is 7.90. The van der Waals surface area contributed by atoms with Crippen LogP contribution in [0.3, 0.4) is 0 Å². The van der Waals surface area contributed by atoms with Gasteiger partial charge in [-0.3, -0.25) is 19.3 Å². The Balaban J connectivity index is 1.52. The van der Waals surface area contributed by atoms with Crippen molar-refractivity contribution >= 4 is 33.7 Å². The number of aliphatic imine (C=N–C) groups is 1. The molecule has 1 aromatic rings. The van der Waals surface area contributed by atoms with Gasteiger partial charge in [-0.1, -0.05) is 12.1 Å². The topological polar surface area (TPSA) is 131 Å². The number of rotatable bonds is 6. The summed E-state index contributed by atoms with van der Waals surface area (Å²) in [7, 11) is -3.71. The van der Waals surface area contributed by atoms with Crippen LogP contribution in [0.4, 0.5) is 0 Å². The van der Waals surface area contributed by atoms with E-state index in [1.165, 1.54) is 13.0 Å². The minimum atomic E-state index is -3.71. The maximum absolute atomic E-state index is 12.3. The number of sulfonamides is 1. The van der Waals surface area contributed by atoms with Crippen molar-refractivity contribution in [2.45, 2.75) is 37.6 Å². The summed E-state index contributed by atoms with van der Waals surface area (Å²) in [4.78, 5) is 42.1. The molecule has 11 heteroatoms. The Bertz CT molecular complexity index is 998. The van der Waals surface area contributed by atoms with Crippen molar-refractivity contribution in [3.05, 3.63) is 29.8 Å². The lowest BCUT2D eigenvalue weighted by atomic mass is 9.97. The highest BCUT2D eigenvalue weighted by atomic mass is 32.2. The molecule has 168 valence electrons. The number of ether oxygens (including phenoxy) is 2. The predicted molar refractivity (Wildman–Crippen MR) is 110 cm³/mol. The number of hydrogen-bond acceptors (Lipinski definition) is 8. The number of fused-ring (bicyclic) bond motifs is 1. The normalized spacial score (nSPS) is 19.9. The second kappa shape index (κ2) is 9.46. The molecule has 1 atom stereocenters. The van der Waals surface area contributed by atoms with E-state index in [1.807, 2.05) is 0 Å². The molecule has 1 saturated heterocycles. The second-order valence-electron chi connectivity index (χ2n) is 7.27. The number of amides is 1. The Morgan fingerprint density at radius 3 is 2.55 bits per heavy atom. The Morgan fingerprint density at radius 1 is 1.19 bits per heavy atom. The molecule has 0 aliphatic carbocycles.